The van der Waals surface area contributed by atoms with Gasteiger partial charge in [-0.3, -0.25) is 5.32 Å². The van der Waals surface area contributed by atoms with Crippen LogP contribution in [0, 0.1) is 11.3 Å². The minimum atomic E-state index is -2.94. The molecule has 0 aliphatic heterocycles. The molecule has 0 radical (unpaired) electrons. The van der Waals surface area contributed by atoms with Crippen LogP contribution in [0.15, 0.2) is 18.2 Å². The number of ether oxygens (including phenoxy) is 2. The monoisotopic (exact) mass is 270 g/mol. The number of rotatable bonds is 6. The van der Waals surface area contributed by atoms with Crippen molar-refractivity contribution < 1.29 is 18.3 Å². The number of nitrogens with zero attached hydrogens (tertiary/aromatic N) is 1. The van der Waals surface area contributed by atoms with Gasteiger partial charge in [-0.2, -0.15) is 14.0 Å². The van der Waals surface area contributed by atoms with E-state index in [0.29, 0.717) is 5.56 Å². The van der Waals surface area contributed by atoms with Crippen LogP contribution in [0.4, 0.5) is 8.78 Å². The average molecular weight is 270 g/mol. The minimum absolute atomic E-state index is 0.0826. The molecular formula is C13H16F2N2O2. The zero-order valence-electron chi connectivity index (χ0n) is 11.0. The summed E-state index contributed by atoms with van der Waals surface area (Å²) in [5.74, 6) is 0.117. The Morgan fingerprint density at radius 2 is 1.95 bits per heavy atom. The number of hydrogen-bond donors (Lipinski definition) is 1. The Balaban J connectivity index is 3.05. The summed E-state index contributed by atoms with van der Waals surface area (Å²) in [6, 6.07) is 6.09. The summed E-state index contributed by atoms with van der Waals surface area (Å²) in [6.45, 7) is 0.845. The van der Waals surface area contributed by atoms with Gasteiger partial charge >= 0.3 is 6.61 Å². The van der Waals surface area contributed by atoms with Crippen LogP contribution in [-0.2, 0) is 0 Å². The first-order chi connectivity index (χ1) is 8.97. The van der Waals surface area contributed by atoms with Crippen molar-refractivity contribution in [2.45, 2.75) is 32.5 Å². The van der Waals surface area contributed by atoms with E-state index in [2.05, 4.69) is 16.1 Å². The third kappa shape index (κ3) is 4.38. The van der Waals surface area contributed by atoms with Crippen LogP contribution in [0.5, 0.6) is 11.5 Å². The van der Waals surface area contributed by atoms with Crippen molar-refractivity contribution in [2.24, 2.45) is 0 Å². The van der Waals surface area contributed by atoms with Gasteiger partial charge in [0.15, 0.2) is 11.5 Å². The van der Waals surface area contributed by atoms with Crippen molar-refractivity contribution in [1.29, 1.82) is 5.26 Å². The second-order valence-corrected chi connectivity index (χ2v) is 4.17. The molecule has 1 unspecified atom stereocenters. The van der Waals surface area contributed by atoms with Crippen molar-refractivity contribution in [3.05, 3.63) is 23.8 Å². The first-order valence-electron chi connectivity index (χ1n) is 5.76. The van der Waals surface area contributed by atoms with Gasteiger partial charge in [0.2, 0.25) is 0 Å². The lowest BCUT2D eigenvalue weighted by Crippen LogP contribution is -2.27. The van der Waals surface area contributed by atoms with E-state index in [4.69, 9.17) is 10.00 Å². The Morgan fingerprint density at radius 1 is 1.26 bits per heavy atom. The molecule has 0 saturated heterocycles. The van der Waals surface area contributed by atoms with Gasteiger partial charge in [0.05, 0.1) is 13.2 Å². The predicted octanol–water partition coefficient (Wildman–Crippen LogP) is 2.86. The van der Waals surface area contributed by atoms with E-state index in [-0.39, 0.29) is 17.5 Å². The Kier molecular flexibility index (Phi) is 5.52. The van der Waals surface area contributed by atoms with Crippen molar-refractivity contribution in [2.75, 3.05) is 7.11 Å². The summed E-state index contributed by atoms with van der Waals surface area (Å²) in [4.78, 5) is 0. The van der Waals surface area contributed by atoms with Gasteiger partial charge in [-0.1, -0.05) is 6.07 Å². The Hall–Kier alpha value is -1.87. The summed E-state index contributed by atoms with van der Waals surface area (Å²) in [5, 5.41) is 12.1. The zero-order chi connectivity index (χ0) is 14.4. The fourth-order valence-corrected chi connectivity index (χ4v) is 1.60. The number of methoxy groups -OCH3 is 1. The van der Waals surface area contributed by atoms with Crippen LogP contribution in [0.3, 0.4) is 0 Å². The Bertz CT molecular complexity index is 458. The Labute approximate surface area is 110 Å². The first-order valence-corrected chi connectivity index (χ1v) is 5.76. The lowest BCUT2D eigenvalue weighted by Gasteiger charge is -2.17. The number of halogens is 2. The highest BCUT2D eigenvalue weighted by Gasteiger charge is 2.16. The predicted molar refractivity (Wildman–Crippen MR) is 66.3 cm³/mol. The quantitative estimate of drug-likeness (QED) is 0.863. The highest BCUT2D eigenvalue weighted by molar-refractivity contribution is 5.44. The third-order valence-electron chi connectivity index (χ3n) is 2.37. The lowest BCUT2D eigenvalue weighted by molar-refractivity contribution is -0.0512. The molecule has 0 saturated carbocycles. The SMILES string of the molecule is COc1ccc(C(C#N)NC(C)C)cc1OC(F)F. The van der Waals surface area contributed by atoms with Crippen LogP contribution in [0.2, 0.25) is 0 Å². The summed E-state index contributed by atoms with van der Waals surface area (Å²) < 4.78 is 33.9. The number of alkyl halides is 2. The van der Waals surface area contributed by atoms with Crippen molar-refractivity contribution >= 4 is 0 Å². The molecule has 0 aliphatic rings. The van der Waals surface area contributed by atoms with E-state index in [9.17, 15) is 8.78 Å². The molecule has 1 N–H and O–H groups in total. The molecule has 0 amide bonds. The smallest absolute Gasteiger partial charge is 0.387 e. The molecule has 1 atom stereocenters. The van der Waals surface area contributed by atoms with Crippen LogP contribution < -0.4 is 14.8 Å². The van der Waals surface area contributed by atoms with E-state index < -0.39 is 12.7 Å². The largest absolute Gasteiger partial charge is 0.493 e. The summed E-state index contributed by atoms with van der Waals surface area (Å²) in [6.07, 6.45) is 0. The van der Waals surface area contributed by atoms with Gasteiger partial charge in [0.1, 0.15) is 6.04 Å². The third-order valence-corrected chi connectivity index (χ3v) is 2.37. The van der Waals surface area contributed by atoms with Gasteiger partial charge in [0, 0.05) is 6.04 Å². The van der Waals surface area contributed by atoms with E-state index in [1.807, 2.05) is 13.8 Å². The fourth-order valence-electron chi connectivity index (χ4n) is 1.60. The van der Waals surface area contributed by atoms with Crippen LogP contribution in [-0.4, -0.2) is 19.8 Å². The molecule has 1 aromatic carbocycles. The summed E-state index contributed by atoms with van der Waals surface area (Å²) in [5.41, 5.74) is 0.549. The normalized spacial score (nSPS) is 12.3. The number of benzene rings is 1. The van der Waals surface area contributed by atoms with E-state index in [0.717, 1.165) is 0 Å². The summed E-state index contributed by atoms with van der Waals surface area (Å²) in [7, 11) is 1.36. The maximum absolute atomic E-state index is 12.3. The molecule has 0 aromatic heterocycles. The number of nitrogens with one attached hydrogen (secondary N) is 1. The van der Waals surface area contributed by atoms with E-state index >= 15 is 0 Å². The topological polar surface area (TPSA) is 54.3 Å². The van der Waals surface area contributed by atoms with E-state index in [1.54, 1.807) is 6.07 Å². The summed E-state index contributed by atoms with van der Waals surface area (Å²) >= 11 is 0. The van der Waals surface area contributed by atoms with E-state index in [1.165, 1.54) is 19.2 Å². The fraction of sp³-hybridized carbons (Fsp3) is 0.462. The van der Waals surface area contributed by atoms with Gasteiger partial charge in [-0.15, -0.1) is 0 Å². The molecule has 0 heterocycles. The standard InChI is InChI=1S/C13H16F2N2O2/c1-8(2)17-10(7-16)9-4-5-11(18-3)12(6-9)19-13(14)15/h4-6,8,10,13,17H,1-3H3. The van der Waals surface area contributed by atoms with Crippen LogP contribution in [0.1, 0.15) is 25.5 Å². The second-order valence-electron chi connectivity index (χ2n) is 4.17. The highest BCUT2D eigenvalue weighted by atomic mass is 19.3. The van der Waals surface area contributed by atoms with Gasteiger partial charge in [0.25, 0.3) is 0 Å². The molecule has 104 valence electrons. The molecule has 0 aliphatic carbocycles. The molecule has 0 bridgehead atoms. The Morgan fingerprint density at radius 3 is 2.42 bits per heavy atom. The average Bonchev–Trinajstić information content (AvgIpc) is 2.35. The lowest BCUT2D eigenvalue weighted by atomic mass is 10.1. The van der Waals surface area contributed by atoms with Crippen molar-refractivity contribution in [3.63, 3.8) is 0 Å². The minimum Gasteiger partial charge on any atom is -0.493 e. The maximum atomic E-state index is 12.3. The maximum Gasteiger partial charge on any atom is 0.387 e. The molecule has 0 spiro atoms. The number of hydrogen-bond acceptors (Lipinski definition) is 4. The van der Waals surface area contributed by atoms with Crippen LogP contribution >= 0.6 is 0 Å². The van der Waals surface area contributed by atoms with Gasteiger partial charge < -0.3 is 9.47 Å². The van der Waals surface area contributed by atoms with Gasteiger partial charge in [-0.05, 0) is 31.5 Å². The molecule has 4 nitrogen and oxygen atoms in total. The molecule has 1 aromatic rings. The zero-order valence-corrected chi connectivity index (χ0v) is 11.0. The second kappa shape index (κ2) is 6.90. The molecular weight excluding hydrogens is 254 g/mol. The van der Waals surface area contributed by atoms with Crippen LogP contribution in [0.25, 0.3) is 0 Å². The van der Waals surface area contributed by atoms with Crippen molar-refractivity contribution in [3.8, 4) is 17.6 Å². The molecule has 0 fully saturated rings. The van der Waals surface area contributed by atoms with Crippen molar-refractivity contribution in [1.82, 2.24) is 5.32 Å². The molecule has 6 heteroatoms. The molecule has 19 heavy (non-hydrogen) atoms. The van der Waals surface area contributed by atoms with Gasteiger partial charge in [-0.25, -0.2) is 0 Å². The molecule has 1 rings (SSSR count). The highest BCUT2D eigenvalue weighted by Crippen LogP contribution is 2.31. The first kappa shape index (κ1) is 15.2. The number of nitriles is 1.